The van der Waals surface area contributed by atoms with Crippen molar-refractivity contribution >= 4 is 11.8 Å². The Balaban J connectivity index is 1.71. The van der Waals surface area contributed by atoms with Crippen LogP contribution < -0.4 is 10.2 Å². The van der Waals surface area contributed by atoms with Crippen molar-refractivity contribution in [3.63, 3.8) is 0 Å². The molecule has 8 heteroatoms. The van der Waals surface area contributed by atoms with Gasteiger partial charge in [0.05, 0.1) is 6.54 Å². The summed E-state index contributed by atoms with van der Waals surface area (Å²) < 4.78 is 32.2. The smallest absolute Gasteiger partial charge is 0.274 e. The Morgan fingerprint density at radius 2 is 2.00 bits per heavy atom. The highest BCUT2D eigenvalue weighted by Gasteiger charge is 2.39. The van der Waals surface area contributed by atoms with Crippen molar-refractivity contribution in [2.24, 2.45) is 5.92 Å². The van der Waals surface area contributed by atoms with Crippen LogP contribution in [0.1, 0.15) is 41.6 Å². The van der Waals surface area contributed by atoms with Crippen LogP contribution in [0.3, 0.4) is 0 Å². The second-order valence-electron chi connectivity index (χ2n) is 6.50. The van der Waals surface area contributed by atoms with Crippen LogP contribution in [0.25, 0.3) is 0 Å². The summed E-state index contributed by atoms with van der Waals surface area (Å²) in [4.78, 5) is 25.8. The molecule has 0 unspecified atom stereocenters. The van der Waals surface area contributed by atoms with E-state index in [0.29, 0.717) is 18.8 Å². The quantitative estimate of drug-likeness (QED) is 0.631. The highest BCUT2D eigenvalue weighted by atomic mass is 19.3. The minimum absolute atomic E-state index is 0.121. The summed E-state index contributed by atoms with van der Waals surface area (Å²) in [5.74, 6) is -3.32. The predicted octanol–water partition coefficient (Wildman–Crippen LogP) is 2.35. The van der Waals surface area contributed by atoms with Gasteiger partial charge in [-0.3, -0.25) is 14.8 Å². The number of nitrogens with one attached hydrogen (secondary N) is 1. The molecule has 3 rings (SSSR count). The number of ether oxygens (including phenoxy) is 1. The van der Waals surface area contributed by atoms with E-state index in [2.05, 4.69) is 0 Å². The molecule has 1 aromatic carbocycles. The Kier molecular flexibility index (Phi) is 4.89. The SMILES string of the molecule is O=C(NO)c1ccc2c(c1)OCCN(C(=O)C1CCC(F)(F)CC1)C2. The molecule has 0 aromatic heterocycles. The lowest BCUT2D eigenvalue weighted by atomic mass is 9.86. The Morgan fingerprint density at radius 3 is 2.68 bits per heavy atom. The fourth-order valence-electron chi connectivity index (χ4n) is 3.31. The maximum Gasteiger partial charge on any atom is 0.274 e. The van der Waals surface area contributed by atoms with Gasteiger partial charge in [-0.15, -0.1) is 0 Å². The van der Waals surface area contributed by atoms with Gasteiger partial charge in [0.1, 0.15) is 12.4 Å². The van der Waals surface area contributed by atoms with Crippen LogP contribution >= 0.6 is 0 Å². The minimum atomic E-state index is -2.66. The van der Waals surface area contributed by atoms with Gasteiger partial charge in [-0.1, -0.05) is 6.07 Å². The first-order valence-corrected chi connectivity index (χ1v) is 8.26. The topological polar surface area (TPSA) is 78.9 Å². The van der Waals surface area contributed by atoms with Gasteiger partial charge < -0.3 is 9.64 Å². The van der Waals surface area contributed by atoms with Crippen molar-refractivity contribution < 1.29 is 28.3 Å². The maximum atomic E-state index is 13.3. The van der Waals surface area contributed by atoms with Gasteiger partial charge in [-0.05, 0) is 25.0 Å². The number of halogens is 2. The second kappa shape index (κ2) is 6.95. The number of carbonyl (C=O) groups excluding carboxylic acids is 2. The number of hydroxylamine groups is 1. The molecule has 2 amide bonds. The van der Waals surface area contributed by atoms with Gasteiger partial charge in [0.2, 0.25) is 11.8 Å². The van der Waals surface area contributed by atoms with Crippen molar-refractivity contribution in [1.29, 1.82) is 0 Å². The number of hydrogen-bond donors (Lipinski definition) is 2. The van der Waals surface area contributed by atoms with E-state index < -0.39 is 11.8 Å². The summed E-state index contributed by atoms with van der Waals surface area (Å²) in [6.07, 6.45) is -0.0920. The third-order valence-corrected chi connectivity index (χ3v) is 4.79. The summed E-state index contributed by atoms with van der Waals surface area (Å²) in [6, 6.07) is 4.71. The number of alkyl halides is 2. The highest BCUT2D eigenvalue weighted by Crippen LogP contribution is 2.37. The van der Waals surface area contributed by atoms with E-state index in [1.807, 2.05) is 0 Å². The van der Waals surface area contributed by atoms with Crippen LogP contribution in [0.5, 0.6) is 5.75 Å². The minimum Gasteiger partial charge on any atom is -0.491 e. The van der Waals surface area contributed by atoms with Crippen LogP contribution in [0.2, 0.25) is 0 Å². The number of nitrogens with zero attached hydrogens (tertiary/aromatic N) is 1. The third kappa shape index (κ3) is 3.89. The fraction of sp³-hybridized carbons (Fsp3) is 0.529. The highest BCUT2D eigenvalue weighted by molar-refractivity contribution is 5.93. The Hall–Kier alpha value is -2.22. The van der Waals surface area contributed by atoms with Crippen LogP contribution in [0.15, 0.2) is 18.2 Å². The molecule has 2 aliphatic rings. The molecule has 1 fully saturated rings. The normalized spacial score (nSPS) is 20.2. The molecular formula is C17H20F2N2O4. The molecule has 1 aromatic rings. The van der Waals surface area contributed by atoms with Crippen LogP contribution in [0.4, 0.5) is 8.78 Å². The zero-order chi connectivity index (χ0) is 18.0. The molecule has 1 heterocycles. The number of amides is 2. The third-order valence-electron chi connectivity index (χ3n) is 4.79. The first kappa shape index (κ1) is 17.6. The predicted molar refractivity (Wildman–Crippen MR) is 83.5 cm³/mol. The molecule has 0 atom stereocenters. The molecule has 1 aliphatic carbocycles. The van der Waals surface area contributed by atoms with E-state index in [0.717, 1.165) is 5.56 Å². The van der Waals surface area contributed by atoms with Gasteiger partial charge in [0, 0.05) is 36.4 Å². The lowest BCUT2D eigenvalue weighted by molar-refractivity contribution is -0.140. The van der Waals surface area contributed by atoms with E-state index >= 15 is 0 Å². The molecule has 136 valence electrons. The maximum absolute atomic E-state index is 13.3. The average Bonchev–Trinajstić information content (AvgIpc) is 2.82. The summed E-state index contributed by atoms with van der Waals surface area (Å²) in [7, 11) is 0. The zero-order valence-corrected chi connectivity index (χ0v) is 13.6. The van der Waals surface area contributed by atoms with Crippen LogP contribution in [-0.4, -0.2) is 41.0 Å². The van der Waals surface area contributed by atoms with Crippen LogP contribution in [0, 0.1) is 5.92 Å². The van der Waals surface area contributed by atoms with E-state index in [1.165, 1.54) is 12.1 Å². The molecule has 0 saturated heterocycles. The summed E-state index contributed by atoms with van der Waals surface area (Å²) >= 11 is 0. The van der Waals surface area contributed by atoms with Gasteiger partial charge >= 0.3 is 0 Å². The number of rotatable bonds is 2. The van der Waals surface area contributed by atoms with E-state index in [9.17, 15) is 18.4 Å². The number of hydrogen-bond acceptors (Lipinski definition) is 4. The summed E-state index contributed by atoms with van der Waals surface area (Å²) in [5, 5.41) is 8.70. The molecule has 1 saturated carbocycles. The van der Waals surface area contributed by atoms with Gasteiger partial charge in [0.15, 0.2) is 0 Å². The lowest BCUT2D eigenvalue weighted by Gasteiger charge is -2.31. The van der Waals surface area contributed by atoms with Gasteiger partial charge in [-0.2, -0.15) is 0 Å². The standard InChI is InChI=1S/C17H20F2N2O4/c18-17(19)5-3-11(4-6-17)16(23)21-7-8-25-14-9-12(15(22)20-24)1-2-13(14)10-21/h1-2,9,11,24H,3-8,10H2,(H,20,22). The molecule has 0 radical (unpaired) electrons. The zero-order valence-electron chi connectivity index (χ0n) is 13.6. The summed E-state index contributed by atoms with van der Waals surface area (Å²) in [6.45, 7) is 0.926. The van der Waals surface area contributed by atoms with Crippen molar-refractivity contribution in [2.45, 2.75) is 38.2 Å². The van der Waals surface area contributed by atoms with Crippen molar-refractivity contribution in [3.05, 3.63) is 29.3 Å². The number of benzene rings is 1. The molecule has 0 bridgehead atoms. The molecule has 25 heavy (non-hydrogen) atoms. The monoisotopic (exact) mass is 354 g/mol. The summed E-state index contributed by atoms with van der Waals surface area (Å²) in [5.41, 5.74) is 2.54. The molecular weight excluding hydrogens is 334 g/mol. The van der Waals surface area contributed by atoms with E-state index in [4.69, 9.17) is 9.94 Å². The molecule has 6 nitrogen and oxygen atoms in total. The second-order valence-corrected chi connectivity index (χ2v) is 6.50. The van der Waals surface area contributed by atoms with Crippen molar-refractivity contribution in [2.75, 3.05) is 13.2 Å². The van der Waals surface area contributed by atoms with Crippen LogP contribution in [-0.2, 0) is 11.3 Å². The molecule has 0 spiro atoms. The lowest BCUT2D eigenvalue weighted by Crippen LogP contribution is -2.40. The number of fused-ring (bicyclic) bond motifs is 1. The molecule has 2 N–H and O–H groups in total. The Morgan fingerprint density at radius 1 is 1.28 bits per heavy atom. The van der Waals surface area contributed by atoms with E-state index in [1.54, 1.807) is 16.4 Å². The first-order valence-electron chi connectivity index (χ1n) is 8.26. The fourth-order valence-corrected chi connectivity index (χ4v) is 3.31. The Bertz CT molecular complexity index is 671. The Labute approximate surface area is 143 Å². The van der Waals surface area contributed by atoms with Crippen molar-refractivity contribution in [1.82, 2.24) is 10.4 Å². The van der Waals surface area contributed by atoms with Gasteiger partial charge in [0.25, 0.3) is 5.91 Å². The first-order chi connectivity index (χ1) is 11.9. The van der Waals surface area contributed by atoms with E-state index in [-0.39, 0.29) is 49.7 Å². The average molecular weight is 354 g/mol. The largest absolute Gasteiger partial charge is 0.491 e. The number of carbonyl (C=O) groups is 2. The van der Waals surface area contributed by atoms with Crippen molar-refractivity contribution in [3.8, 4) is 5.75 Å². The molecule has 1 aliphatic heterocycles. The van der Waals surface area contributed by atoms with Gasteiger partial charge in [-0.25, -0.2) is 14.3 Å².